The molecule has 22 heavy (non-hydrogen) atoms. The Labute approximate surface area is 135 Å². The maximum absolute atomic E-state index is 4.19. The zero-order chi connectivity index (χ0) is 15.4. The van der Waals surface area contributed by atoms with Gasteiger partial charge in [-0.3, -0.25) is 0 Å². The van der Waals surface area contributed by atoms with E-state index in [9.17, 15) is 0 Å². The molecule has 0 saturated heterocycles. The highest BCUT2D eigenvalue weighted by atomic mass is 32.1. The van der Waals surface area contributed by atoms with Crippen molar-refractivity contribution < 1.29 is 0 Å². The lowest BCUT2D eigenvalue weighted by Crippen LogP contribution is -1.92. The maximum atomic E-state index is 4.19. The molecule has 3 heteroatoms. The van der Waals surface area contributed by atoms with Crippen LogP contribution in [0.4, 0.5) is 0 Å². The van der Waals surface area contributed by atoms with Crippen molar-refractivity contribution in [1.82, 2.24) is 10.2 Å². The molecule has 0 amide bonds. The van der Waals surface area contributed by atoms with Crippen LogP contribution in [0.5, 0.6) is 0 Å². The molecule has 0 aliphatic rings. The summed E-state index contributed by atoms with van der Waals surface area (Å²) in [5.41, 5.74) is 5.33. The fraction of sp³-hybridized carbons (Fsp3) is 0.263. The smallest absolute Gasteiger partial charge is 0.143 e. The minimum atomic E-state index is 0.999. The van der Waals surface area contributed by atoms with Crippen molar-refractivity contribution in [1.29, 1.82) is 0 Å². The van der Waals surface area contributed by atoms with Crippen molar-refractivity contribution in [2.75, 3.05) is 0 Å². The molecule has 0 aliphatic carbocycles. The van der Waals surface area contributed by atoms with Crippen LogP contribution in [0.15, 0.2) is 48.5 Å². The number of rotatable bonds is 5. The zero-order valence-corrected chi connectivity index (χ0v) is 13.9. The van der Waals surface area contributed by atoms with Crippen molar-refractivity contribution in [3.63, 3.8) is 0 Å². The van der Waals surface area contributed by atoms with Gasteiger partial charge >= 0.3 is 0 Å². The van der Waals surface area contributed by atoms with Crippen molar-refractivity contribution in [3.8, 4) is 10.6 Å². The first-order valence-electron chi connectivity index (χ1n) is 7.72. The molecule has 0 N–H and O–H groups in total. The first-order chi connectivity index (χ1) is 10.7. The molecule has 0 aliphatic heterocycles. The van der Waals surface area contributed by atoms with Gasteiger partial charge in [-0.25, -0.2) is 0 Å². The van der Waals surface area contributed by atoms with Crippen LogP contribution in [-0.2, 0) is 19.3 Å². The van der Waals surface area contributed by atoms with Gasteiger partial charge in [-0.15, -0.1) is 10.2 Å². The van der Waals surface area contributed by atoms with Gasteiger partial charge in [-0.1, -0.05) is 66.8 Å². The summed E-state index contributed by atoms with van der Waals surface area (Å²) >= 11 is 1.64. The van der Waals surface area contributed by atoms with Crippen LogP contribution in [0.3, 0.4) is 0 Å². The Morgan fingerprint density at radius 1 is 0.773 bits per heavy atom. The summed E-state index contributed by atoms with van der Waals surface area (Å²) in [7, 11) is 0. The average Bonchev–Trinajstić information content (AvgIpc) is 3.00. The molecule has 0 spiro atoms. The number of hydrogen-bond acceptors (Lipinski definition) is 3. The zero-order valence-electron chi connectivity index (χ0n) is 13.0. The third kappa shape index (κ3) is 3.60. The van der Waals surface area contributed by atoms with Crippen LogP contribution >= 0.6 is 11.3 Å². The second kappa shape index (κ2) is 6.84. The molecule has 0 bridgehead atoms. The van der Waals surface area contributed by atoms with E-state index in [4.69, 9.17) is 0 Å². The minimum Gasteiger partial charge on any atom is -0.143 e. The molecule has 2 aromatic carbocycles. The van der Waals surface area contributed by atoms with Gasteiger partial charge in [0.15, 0.2) is 0 Å². The van der Waals surface area contributed by atoms with E-state index < -0.39 is 0 Å². The van der Waals surface area contributed by atoms with Crippen LogP contribution in [-0.4, -0.2) is 10.2 Å². The van der Waals surface area contributed by atoms with E-state index in [1.54, 1.807) is 11.3 Å². The number of aryl methyl sites for hydroxylation is 4. The number of aromatic nitrogens is 2. The fourth-order valence-corrected chi connectivity index (χ4v) is 3.15. The summed E-state index contributed by atoms with van der Waals surface area (Å²) in [5.74, 6) is 0. The molecule has 3 rings (SSSR count). The number of nitrogens with zero attached hydrogens (tertiary/aromatic N) is 2. The standard InChI is InChI=1S/C19H20N2S/c1-3-15-4-6-16(7-5-15)8-9-17-10-12-18(13-11-17)19-21-20-14(2)22-19/h4-7,10-13H,3,8-9H2,1-2H3. The van der Waals surface area contributed by atoms with Gasteiger partial charge in [-0.2, -0.15) is 0 Å². The molecule has 0 unspecified atom stereocenters. The summed E-state index contributed by atoms with van der Waals surface area (Å²) < 4.78 is 0. The Balaban J connectivity index is 1.63. The normalized spacial score (nSPS) is 10.8. The molecule has 112 valence electrons. The molecule has 1 heterocycles. The van der Waals surface area contributed by atoms with E-state index in [0.29, 0.717) is 0 Å². The molecule has 3 aromatic rings. The largest absolute Gasteiger partial charge is 0.147 e. The van der Waals surface area contributed by atoms with E-state index in [1.165, 1.54) is 16.7 Å². The van der Waals surface area contributed by atoms with E-state index >= 15 is 0 Å². The van der Waals surface area contributed by atoms with Gasteiger partial charge in [-0.05, 0) is 42.9 Å². The van der Waals surface area contributed by atoms with E-state index in [-0.39, 0.29) is 0 Å². The average molecular weight is 308 g/mol. The van der Waals surface area contributed by atoms with Crippen molar-refractivity contribution in [2.45, 2.75) is 33.1 Å². The fourth-order valence-electron chi connectivity index (χ4n) is 2.46. The van der Waals surface area contributed by atoms with Gasteiger partial charge in [0, 0.05) is 5.56 Å². The van der Waals surface area contributed by atoms with Crippen molar-refractivity contribution in [2.24, 2.45) is 0 Å². The molecule has 0 atom stereocenters. The lowest BCUT2D eigenvalue weighted by atomic mass is 10.0. The van der Waals surface area contributed by atoms with Crippen LogP contribution < -0.4 is 0 Å². The Morgan fingerprint density at radius 3 is 1.82 bits per heavy atom. The highest BCUT2D eigenvalue weighted by molar-refractivity contribution is 7.14. The number of hydrogen-bond donors (Lipinski definition) is 0. The topological polar surface area (TPSA) is 25.8 Å². The second-order valence-corrected chi connectivity index (χ2v) is 6.67. The molecule has 1 aromatic heterocycles. The van der Waals surface area contributed by atoms with Crippen LogP contribution in [0.2, 0.25) is 0 Å². The molecule has 2 nitrogen and oxygen atoms in total. The Kier molecular flexibility index (Phi) is 4.64. The minimum absolute atomic E-state index is 0.999. The summed E-state index contributed by atoms with van der Waals surface area (Å²) in [5, 5.41) is 10.3. The van der Waals surface area contributed by atoms with Gasteiger partial charge in [0.25, 0.3) is 0 Å². The predicted octanol–water partition coefficient (Wildman–Crippen LogP) is 4.86. The quantitative estimate of drug-likeness (QED) is 0.672. The lowest BCUT2D eigenvalue weighted by Gasteiger charge is -2.04. The van der Waals surface area contributed by atoms with Gasteiger partial charge in [0.1, 0.15) is 10.0 Å². The second-order valence-electron chi connectivity index (χ2n) is 5.49. The van der Waals surface area contributed by atoms with Crippen LogP contribution in [0.25, 0.3) is 10.6 Å². The lowest BCUT2D eigenvalue weighted by molar-refractivity contribution is 0.957. The SMILES string of the molecule is CCc1ccc(CCc2ccc(-c3nnc(C)s3)cc2)cc1. The molecule has 0 fully saturated rings. The Bertz CT molecular complexity index is 727. The van der Waals surface area contributed by atoms with Crippen LogP contribution in [0.1, 0.15) is 28.6 Å². The number of benzene rings is 2. The van der Waals surface area contributed by atoms with Crippen molar-refractivity contribution >= 4 is 11.3 Å². The molecular formula is C19H20N2S. The van der Waals surface area contributed by atoms with Gasteiger partial charge in [0.2, 0.25) is 0 Å². The Morgan fingerprint density at radius 2 is 1.32 bits per heavy atom. The summed E-state index contributed by atoms with van der Waals surface area (Å²) in [4.78, 5) is 0. The predicted molar refractivity (Wildman–Crippen MR) is 93.3 cm³/mol. The summed E-state index contributed by atoms with van der Waals surface area (Å²) in [6, 6.07) is 17.7. The highest BCUT2D eigenvalue weighted by Gasteiger charge is 2.04. The van der Waals surface area contributed by atoms with Gasteiger partial charge in [0.05, 0.1) is 0 Å². The monoisotopic (exact) mass is 308 g/mol. The van der Waals surface area contributed by atoms with E-state index in [0.717, 1.165) is 34.8 Å². The maximum Gasteiger partial charge on any atom is 0.147 e. The van der Waals surface area contributed by atoms with Crippen LogP contribution in [0, 0.1) is 6.92 Å². The summed E-state index contributed by atoms with van der Waals surface area (Å²) in [6.07, 6.45) is 3.26. The summed E-state index contributed by atoms with van der Waals surface area (Å²) in [6.45, 7) is 4.18. The third-order valence-corrected chi connectivity index (χ3v) is 4.75. The van der Waals surface area contributed by atoms with Gasteiger partial charge < -0.3 is 0 Å². The van der Waals surface area contributed by atoms with Crippen molar-refractivity contribution in [3.05, 3.63) is 70.2 Å². The molecule has 0 saturated carbocycles. The first-order valence-corrected chi connectivity index (χ1v) is 8.53. The highest BCUT2D eigenvalue weighted by Crippen LogP contribution is 2.23. The third-order valence-electron chi connectivity index (χ3n) is 3.86. The van der Waals surface area contributed by atoms with E-state index in [1.807, 2.05) is 6.92 Å². The molecular weight excluding hydrogens is 288 g/mol. The first kappa shape index (κ1) is 14.9. The van der Waals surface area contributed by atoms with E-state index in [2.05, 4.69) is 65.7 Å². The Hall–Kier alpha value is -2.00. The molecule has 0 radical (unpaired) electrons.